The summed E-state index contributed by atoms with van der Waals surface area (Å²) in [6.07, 6.45) is 4.21. The molecule has 26 heavy (non-hydrogen) atoms. The molecule has 1 saturated carbocycles. The number of amides is 1. The zero-order valence-electron chi connectivity index (χ0n) is 14.2. The van der Waals surface area contributed by atoms with E-state index in [1.54, 1.807) is 18.0 Å². The Bertz CT molecular complexity index is 901. The van der Waals surface area contributed by atoms with Crippen molar-refractivity contribution >= 4 is 17.7 Å². The van der Waals surface area contributed by atoms with Gasteiger partial charge < -0.3 is 14.7 Å². The van der Waals surface area contributed by atoms with Crippen LogP contribution in [0.15, 0.2) is 46.2 Å². The lowest BCUT2D eigenvalue weighted by Gasteiger charge is -2.07. The SMILES string of the molecule is NC(=O)CCn1c(SCc2coc(-c3ccccc3)n2)nnc1C1CC1. The van der Waals surface area contributed by atoms with E-state index in [9.17, 15) is 4.79 Å². The molecule has 0 unspecified atom stereocenters. The van der Waals surface area contributed by atoms with Crippen molar-refractivity contribution in [1.29, 1.82) is 0 Å². The molecule has 0 atom stereocenters. The summed E-state index contributed by atoms with van der Waals surface area (Å²) in [6.45, 7) is 0.518. The van der Waals surface area contributed by atoms with Crippen LogP contribution in [-0.2, 0) is 17.1 Å². The van der Waals surface area contributed by atoms with Crippen LogP contribution in [0, 0.1) is 0 Å². The summed E-state index contributed by atoms with van der Waals surface area (Å²) in [5, 5.41) is 9.41. The third-order valence-electron chi connectivity index (χ3n) is 4.19. The van der Waals surface area contributed by atoms with Crippen LogP contribution in [0.3, 0.4) is 0 Å². The lowest BCUT2D eigenvalue weighted by atomic mass is 10.2. The number of nitrogens with two attached hydrogens (primary N) is 1. The summed E-state index contributed by atoms with van der Waals surface area (Å²) < 4.78 is 7.59. The molecule has 1 aliphatic carbocycles. The van der Waals surface area contributed by atoms with Gasteiger partial charge in [-0.3, -0.25) is 4.79 Å². The van der Waals surface area contributed by atoms with Crippen LogP contribution >= 0.6 is 11.8 Å². The number of nitrogens with zero attached hydrogens (tertiary/aromatic N) is 4. The number of oxazole rings is 1. The Morgan fingerprint density at radius 1 is 1.27 bits per heavy atom. The van der Waals surface area contributed by atoms with Crippen LogP contribution in [0.1, 0.15) is 36.7 Å². The van der Waals surface area contributed by atoms with Crippen LogP contribution < -0.4 is 5.73 Å². The first-order valence-electron chi connectivity index (χ1n) is 8.54. The van der Waals surface area contributed by atoms with Gasteiger partial charge in [0, 0.05) is 30.2 Å². The molecule has 0 bridgehead atoms. The number of carbonyl (C=O) groups is 1. The van der Waals surface area contributed by atoms with Crippen LogP contribution in [-0.4, -0.2) is 25.7 Å². The van der Waals surface area contributed by atoms with E-state index >= 15 is 0 Å². The van der Waals surface area contributed by atoms with E-state index in [0.29, 0.717) is 24.1 Å². The summed E-state index contributed by atoms with van der Waals surface area (Å²) in [5.74, 6) is 2.33. The fraction of sp³-hybridized carbons (Fsp3) is 0.333. The van der Waals surface area contributed by atoms with Gasteiger partial charge in [0.05, 0.1) is 5.69 Å². The summed E-state index contributed by atoms with van der Waals surface area (Å²) in [5.41, 5.74) is 7.09. The Kier molecular flexibility index (Phi) is 4.75. The maximum Gasteiger partial charge on any atom is 0.226 e. The van der Waals surface area contributed by atoms with Gasteiger partial charge in [0.2, 0.25) is 11.8 Å². The molecule has 134 valence electrons. The fourth-order valence-corrected chi connectivity index (χ4v) is 3.56. The molecule has 0 spiro atoms. The minimum atomic E-state index is -0.319. The first kappa shape index (κ1) is 16.8. The molecule has 1 amide bonds. The lowest BCUT2D eigenvalue weighted by Crippen LogP contribution is -2.15. The van der Waals surface area contributed by atoms with E-state index in [-0.39, 0.29) is 12.3 Å². The highest BCUT2D eigenvalue weighted by molar-refractivity contribution is 7.98. The van der Waals surface area contributed by atoms with Gasteiger partial charge in [-0.25, -0.2) is 4.98 Å². The van der Waals surface area contributed by atoms with Gasteiger partial charge in [-0.2, -0.15) is 0 Å². The maximum absolute atomic E-state index is 11.2. The van der Waals surface area contributed by atoms with Crippen molar-refractivity contribution in [3.63, 3.8) is 0 Å². The van der Waals surface area contributed by atoms with Gasteiger partial charge in [0.1, 0.15) is 12.1 Å². The highest BCUT2D eigenvalue weighted by Crippen LogP contribution is 2.40. The number of benzene rings is 1. The van der Waals surface area contributed by atoms with E-state index in [1.807, 2.05) is 34.9 Å². The molecule has 0 saturated heterocycles. The molecule has 3 aromatic rings. The lowest BCUT2D eigenvalue weighted by molar-refractivity contribution is -0.118. The minimum Gasteiger partial charge on any atom is -0.444 e. The number of aromatic nitrogens is 4. The molecule has 8 heteroatoms. The average molecular weight is 369 g/mol. The second kappa shape index (κ2) is 7.33. The van der Waals surface area contributed by atoms with Crippen molar-refractivity contribution in [3.05, 3.63) is 48.1 Å². The van der Waals surface area contributed by atoms with Gasteiger partial charge in [0.25, 0.3) is 0 Å². The predicted molar refractivity (Wildman–Crippen MR) is 97.3 cm³/mol. The topological polar surface area (TPSA) is 99.8 Å². The molecule has 2 aromatic heterocycles. The van der Waals surface area contributed by atoms with E-state index in [0.717, 1.165) is 35.1 Å². The van der Waals surface area contributed by atoms with Gasteiger partial charge in [-0.1, -0.05) is 30.0 Å². The van der Waals surface area contributed by atoms with Gasteiger partial charge in [0.15, 0.2) is 5.16 Å². The molecule has 1 aliphatic rings. The molecule has 2 heterocycles. The molecule has 7 nitrogen and oxygen atoms in total. The predicted octanol–water partition coefficient (Wildman–Crippen LogP) is 2.98. The normalized spacial score (nSPS) is 13.8. The number of primary amides is 1. The number of carbonyl (C=O) groups excluding carboxylic acids is 1. The van der Waals surface area contributed by atoms with Crippen molar-refractivity contribution in [2.24, 2.45) is 5.73 Å². The van der Waals surface area contributed by atoms with E-state index in [1.165, 1.54) is 0 Å². The Labute approximate surface area is 155 Å². The second-order valence-corrected chi connectivity index (χ2v) is 7.22. The van der Waals surface area contributed by atoms with Crippen molar-refractivity contribution in [2.75, 3.05) is 0 Å². The smallest absolute Gasteiger partial charge is 0.226 e. The zero-order chi connectivity index (χ0) is 17.9. The molecule has 0 radical (unpaired) electrons. The zero-order valence-corrected chi connectivity index (χ0v) is 15.0. The van der Waals surface area contributed by atoms with Gasteiger partial charge >= 0.3 is 0 Å². The van der Waals surface area contributed by atoms with Crippen LogP contribution in [0.4, 0.5) is 0 Å². The Balaban J connectivity index is 1.46. The Hall–Kier alpha value is -2.61. The second-order valence-electron chi connectivity index (χ2n) is 6.28. The van der Waals surface area contributed by atoms with Crippen molar-refractivity contribution < 1.29 is 9.21 Å². The molecule has 0 aliphatic heterocycles. The number of hydrogen-bond acceptors (Lipinski definition) is 6. The van der Waals surface area contributed by atoms with Crippen LogP contribution in [0.5, 0.6) is 0 Å². The monoisotopic (exact) mass is 369 g/mol. The molecule has 1 fully saturated rings. The summed E-state index contributed by atoms with van der Waals surface area (Å²) in [6, 6.07) is 9.79. The van der Waals surface area contributed by atoms with E-state index in [2.05, 4.69) is 15.2 Å². The fourth-order valence-electron chi connectivity index (χ4n) is 2.71. The van der Waals surface area contributed by atoms with Gasteiger partial charge in [-0.15, -0.1) is 10.2 Å². The standard InChI is InChI=1S/C18H19N5O2S/c19-15(24)8-9-23-16(12-6-7-12)21-22-18(23)26-11-14-10-25-17(20-14)13-4-2-1-3-5-13/h1-5,10,12H,6-9,11H2,(H2,19,24). The Morgan fingerprint density at radius 2 is 2.08 bits per heavy atom. The first-order chi connectivity index (χ1) is 12.7. The quantitative estimate of drug-likeness (QED) is 0.613. The number of thioether (sulfide) groups is 1. The molecule has 1 aromatic carbocycles. The van der Waals surface area contributed by atoms with Gasteiger partial charge in [-0.05, 0) is 25.0 Å². The van der Waals surface area contributed by atoms with E-state index < -0.39 is 0 Å². The molecular weight excluding hydrogens is 350 g/mol. The maximum atomic E-state index is 11.2. The largest absolute Gasteiger partial charge is 0.444 e. The third kappa shape index (κ3) is 3.80. The number of hydrogen-bond donors (Lipinski definition) is 1. The molecule has 4 rings (SSSR count). The highest BCUT2D eigenvalue weighted by atomic mass is 32.2. The molecule has 2 N–H and O–H groups in total. The average Bonchev–Trinajstić information content (AvgIpc) is 3.24. The van der Waals surface area contributed by atoms with Crippen LogP contribution in [0.2, 0.25) is 0 Å². The minimum absolute atomic E-state index is 0.285. The first-order valence-corrected chi connectivity index (χ1v) is 9.53. The summed E-state index contributed by atoms with van der Waals surface area (Å²) >= 11 is 1.54. The molecular formula is C18H19N5O2S. The van der Waals surface area contributed by atoms with E-state index in [4.69, 9.17) is 10.2 Å². The third-order valence-corrected chi connectivity index (χ3v) is 5.19. The Morgan fingerprint density at radius 3 is 2.81 bits per heavy atom. The van der Waals surface area contributed by atoms with Crippen molar-refractivity contribution in [1.82, 2.24) is 19.7 Å². The summed E-state index contributed by atoms with van der Waals surface area (Å²) in [4.78, 5) is 15.7. The number of rotatable bonds is 8. The highest BCUT2D eigenvalue weighted by Gasteiger charge is 2.30. The van der Waals surface area contributed by atoms with Crippen LogP contribution in [0.25, 0.3) is 11.5 Å². The summed E-state index contributed by atoms with van der Waals surface area (Å²) in [7, 11) is 0. The van der Waals surface area contributed by atoms with Crippen molar-refractivity contribution in [2.45, 2.75) is 42.6 Å². The van der Waals surface area contributed by atoms with Crippen molar-refractivity contribution in [3.8, 4) is 11.5 Å².